The predicted molar refractivity (Wildman–Crippen MR) is 90.3 cm³/mol. The van der Waals surface area contributed by atoms with Crippen molar-refractivity contribution in [3.63, 3.8) is 0 Å². The van der Waals surface area contributed by atoms with Crippen LogP contribution in [-0.4, -0.2) is 5.78 Å². The maximum absolute atomic E-state index is 12.8. The summed E-state index contributed by atoms with van der Waals surface area (Å²) >= 11 is 0. The standard InChI is InChI=1S/C21H12O/c22-21-17-11-9-13-5-1-3-7-15(13)19(17)20-16-8-4-2-6-14(16)10-12-18(20)21/h1-12H. The lowest BCUT2D eigenvalue weighted by atomic mass is 9.94. The molecule has 5 rings (SSSR count). The van der Waals surface area contributed by atoms with E-state index >= 15 is 0 Å². The van der Waals surface area contributed by atoms with Crippen LogP contribution in [0.5, 0.6) is 0 Å². The van der Waals surface area contributed by atoms with E-state index in [1.54, 1.807) is 0 Å². The summed E-state index contributed by atoms with van der Waals surface area (Å²) in [5, 5.41) is 4.66. The average Bonchev–Trinajstić information content (AvgIpc) is 2.88. The third-order valence-corrected chi connectivity index (χ3v) is 4.60. The van der Waals surface area contributed by atoms with Gasteiger partial charge in [0.05, 0.1) is 0 Å². The molecule has 0 bridgehead atoms. The molecule has 4 aromatic rings. The highest BCUT2D eigenvalue weighted by Crippen LogP contribution is 2.44. The van der Waals surface area contributed by atoms with E-state index in [9.17, 15) is 4.79 Å². The molecule has 4 aromatic carbocycles. The summed E-state index contributed by atoms with van der Waals surface area (Å²) in [6.45, 7) is 0. The molecule has 102 valence electrons. The van der Waals surface area contributed by atoms with Gasteiger partial charge in [-0.2, -0.15) is 0 Å². The van der Waals surface area contributed by atoms with Crippen LogP contribution in [0.15, 0.2) is 72.8 Å². The molecule has 0 aromatic heterocycles. The molecule has 0 amide bonds. The van der Waals surface area contributed by atoms with Crippen LogP contribution in [0.1, 0.15) is 15.9 Å². The summed E-state index contributed by atoms with van der Waals surface area (Å²) in [6, 6.07) is 24.6. The van der Waals surface area contributed by atoms with E-state index in [-0.39, 0.29) is 5.78 Å². The molecule has 22 heavy (non-hydrogen) atoms. The normalized spacial score (nSPS) is 12.6. The number of ketones is 1. The van der Waals surface area contributed by atoms with Gasteiger partial charge in [-0.05, 0) is 33.7 Å². The van der Waals surface area contributed by atoms with E-state index in [2.05, 4.69) is 24.3 Å². The summed E-state index contributed by atoms with van der Waals surface area (Å²) in [6.07, 6.45) is 0. The Kier molecular flexibility index (Phi) is 2.15. The van der Waals surface area contributed by atoms with Gasteiger partial charge < -0.3 is 0 Å². The van der Waals surface area contributed by atoms with Crippen LogP contribution in [-0.2, 0) is 0 Å². The summed E-state index contributed by atoms with van der Waals surface area (Å²) < 4.78 is 0. The Morgan fingerprint density at radius 2 is 0.955 bits per heavy atom. The number of benzene rings is 4. The SMILES string of the molecule is O=C1c2ccc3ccccc3c2-c2c1ccc1ccccc21. The first-order valence-corrected chi connectivity index (χ1v) is 7.43. The van der Waals surface area contributed by atoms with Crippen molar-refractivity contribution in [3.05, 3.63) is 83.9 Å². The second-order valence-corrected chi connectivity index (χ2v) is 5.75. The van der Waals surface area contributed by atoms with Crippen LogP contribution in [0, 0.1) is 0 Å². The first kappa shape index (κ1) is 11.7. The minimum Gasteiger partial charge on any atom is -0.289 e. The van der Waals surface area contributed by atoms with Gasteiger partial charge in [0.15, 0.2) is 5.78 Å². The number of rotatable bonds is 0. The lowest BCUT2D eigenvalue weighted by Gasteiger charge is -2.08. The lowest BCUT2D eigenvalue weighted by molar-refractivity contribution is 0.104. The van der Waals surface area contributed by atoms with Crippen molar-refractivity contribution in [1.29, 1.82) is 0 Å². The smallest absolute Gasteiger partial charge is 0.194 e. The zero-order chi connectivity index (χ0) is 14.7. The first-order valence-electron chi connectivity index (χ1n) is 7.43. The molecule has 1 aliphatic rings. The monoisotopic (exact) mass is 280 g/mol. The maximum Gasteiger partial charge on any atom is 0.194 e. The van der Waals surface area contributed by atoms with Gasteiger partial charge in [0, 0.05) is 22.3 Å². The maximum atomic E-state index is 12.8. The van der Waals surface area contributed by atoms with E-state index < -0.39 is 0 Å². The molecule has 0 heterocycles. The Bertz CT molecular complexity index is 1000. The molecule has 0 atom stereocenters. The number of hydrogen-bond acceptors (Lipinski definition) is 1. The molecule has 1 nitrogen and oxygen atoms in total. The third-order valence-electron chi connectivity index (χ3n) is 4.60. The van der Waals surface area contributed by atoms with Gasteiger partial charge in [-0.1, -0.05) is 60.7 Å². The van der Waals surface area contributed by atoms with Crippen LogP contribution in [0.3, 0.4) is 0 Å². The number of carbonyl (C=O) groups is 1. The molecule has 0 radical (unpaired) electrons. The Hall–Kier alpha value is -2.93. The van der Waals surface area contributed by atoms with Crippen molar-refractivity contribution in [2.24, 2.45) is 0 Å². The second kappa shape index (κ2) is 4.05. The summed E-state index contributed by atoms with van der Waals surface area (Å²) in [5.74, 6) is 0.140. The fourth-order valence-electron chi connectivity index (χ4n) is 3.61. The minimum absolute atomic E-state index is 0.140. The topological polar surface area (TPSA) is 17.1 Å². The highest BCUT2D eigenvalue weighted by Gasteiger charge is 2.29. The first-order chi connectivity index (χ1) is 10.8. The molecule has 0 spiro atoms. The molecule has 0 unspecified atom stereocenters. The highest BCUT2D eigenvalue weighted by molar-refractivity contribution is 6.29. The van der Waals surface area contributed by atoms with Crippen molar-refractivity contribution >= 4 is 27.3 Å². The van der Waals surface area contributed by atoms with Gasteiger partial charge >= 0.3 is 0 Å². The van der Waals surface area contributed by atoms with Gasteiger partial charge in [-0.15, -0.1) is 0 Å². The lowest BCUT2D eigenvalue weighted by Crippen LogP contribution is -1.94. The Balaban J connectivity index is 2.05. The van der Waals surface area contributed by atoms with Gasteiger partial charge in [-0.25, -0.2) is 0 Å². The Morgan fingerprint density at radius 1 is 0.500 bits per heavy atom. The molecule has 0 saturated heterocycles. The van der Waals surface area contributed by atoms with E-state index in [4.69, 9.17) is 0 Å². The third kappa shape index (κ3) is 1.35. The van der Waals surface area contributed by atoms with Crippen molar-refractivity contribution in [2.75, 3.05) is 0 Å². The van der Waals surface area contributed by atoms with E-state index in [0.29, 0.717) is 0 Å². The fraction of sp³-hybridized carbons (Fsp3) is 0. The summed E-state index contributed by atoms with van der Waals surface area (Å²) in [7, 11) is 0. The van der Waals surface area contributed by atoms with E-state index in [1.165, 1.54) is 10.8 Å². The van der Waals surface area contributed by atoms with Crippen LogP contribution in [0.4, 0.5) is 0 Å². The zero-order valence-corrected chi connectivity index (χ0v) is 11.8. The molecule has 0 N–H and O–H groups in total. The van der Waals surface area contributed by atoms with Gasteiger partial charge in [-0.3, -0.25) is 4.79 Å². The quantitative estimate of drug-likeness (QED) is 0.381. The van der Waals surface area contributed by atoms with Gasteiger partial charge in [0.2, 0.25) is 0 Å². The van der Waals surface area contributed by atoms with Crippen molar-refractivity contribution < 1.29 is 4.79 Å². The van der Waals surface area contributed by atoms with Gasteiger partial charge in [0.1, 0.15) is 0 Å². The van der Waals surface area contributed by atoms with Crippen molar-refractivity contribution in [3.8, 4) is 11.1 Å². The average molecular weight is 280 g/mol. The molecule has 0 fully saturated rings. The van der Waals surface area contributed by atoms with E-state index in [0.717, 1.165) is 33.0 Å². The number of hydrogen-bond donors (Lipinski definition) is 0. The summed E-state index contributed by atoms with van der Waals surface area (Å²) in [4.78, 5) is 12.8. The van der Waals surface area contributed by atoms with Gasteiger partial charge in [0.25, 0.3) is 0 Å². The van der Waals surface area contributed by atoms with Crippen LogP contribution in [0.2, 0.25) is 0 Å². The Morgan fingerprint density at radius 3 is 1.45 bits per heavy atom. The molecule has 0 saturated carbocycles. The minimum atomic E-state index is 0.140. The highest BCUT2D eigenvalue weighted by atomic mass is 16.1. The predicted octanol–water partition coefficient (Wildman–Crippen LogP) is 5.20. The molecular weight excluding hydrogens is 268 g/mol. The van der Waals surface area contributed by atoms with Crippen LogP contribution in [0.25, 0.3) is 32.7 Å². The number of carbonyl (C=O) groups excluding carboxylic acids is 1. The van der Waals surface area contributed by atoms with Crippen LogP contribution < -0.4 is 0 Å². The number of fused-ring (bicyclic) bond motifs is 7. The van der Waals surface area contributed by atoms with Crippen molar-refractivity contribution in [2.45, 2.75) is 0 Å². The van der Waals surface area contributed by atoms with Crippen molar-refractivity contribution in [1.82, 2.24) is 0 Å². The zero-order valence-electron chi connectivity index (χ0n) is 11.8. The molecule has 0 aliphatic heterocycles. The fourth-order valence-corrected chi connectivity index (χ4v) is 3.61. The van der Waals surface area contributed by atoms with Crippen LogP contribution >= 0.6 is 0 Å². The molecular formula is C21H12O. The largest absolute Gasteiger partial charge is 0.289 e. The Labute approximate surface area is 127 Å². The second-order valence-electron chi connectivity index (χ2n) is 5.75. The molecule has 1 heteroatoms. The summed E-state index contributed by atoms with van der Waals surface area (Å²) in [5.41, 5.74) is 3.83. The molecule has 1 aliphatic carbocycles. The van der Waals surface area contributed by atoms with E-state index in [1.807, 2.05) is 48.5 Å².